The zero-order valence-corrected chi connectivity index (χ0v) is 12.2. The smallest absolute Gasteiger partial charge is 0.293 e. The van der Waals surface area contributed by atoms with E-state index in [9.17, 15) is 10.5 Å². The van der Waals surface area contributed by atoms with Crippen LogP contribution >= 0.6 is 11.6 Å². The van der Waals surface area contributed by atoms with Gasteiger partial charge in [-0.25, -0.2) is 4.99 Å². The van der Waals surface area contributed by atoms with Crippen LogP contribution in [0.1, 0.15) is 11.5 Å². The van der Waals surface area contributed by atoms with E-state index in [1.165, 1.54) is 0 Å². The summed E-state index contributed by atoms with van der Waals surface area (Å²) in [6.45, 7) is 0.629. The molecule has 1 saturated carbocycles. The van der Waals surface area contributed by atoms with Crippen molar-refractivity contribution in [3.8, 4) is 12.1 Å². The predicted molar refractivity (Wildman–Crippen MR) is 76.5 cm³/mol. The predicted octanol–water partition coefficient (Wildman–Crippen LogP) is 1.53. The first-order valence-corrected chi connectivity index (χ1v) is 7.17. The van der Waals surface area contributed by atoms with Crippen molar-refractivity contribution < 1.29 is 9.47 Å². The van der Waals surface area contributed by atoms with Crippen LogP contribution in [-0.4, -0.2) is 25.0 Å². The molecule has 0 aromatic heterocycles. The highest BCUT2D eigenvalue weighted by atomic mass is 35.5. The molecule has 1 aromatic rings. The van der Waals surface area contributed by atoms with E-state index in [-0.39, 0.29) is 5.84 Å². The molecule has 2 N–H and O–H groups in total. The van der Waals surface area contributed by atoms with Crippen molar-refractivity contribution in [2.75, 3.05) is 13.2 Å². The van der Waals surface area contributed by atoms with Crippen molar-refractivity contribution >= 4 is 17.4 Å². The van der Waals surface area contributed by atoms with Crippen LogP contribution in [0, 0.1) is 33.5 Å². The van der Waals surface area contributed by atoms with Crippen molar-refractivity contribution in [1.29, 1.82) is 10.5 Å². The van der Waals surface area contributed by atoms with Gasteiger partial charge in [-0.2, -0.15) is 10.5 Å². The molecule has 2 fully saturated rings. The number of nitriles is 2. The second-order valence-electron chi connectivity index (χ2n) is 5.60. The Morgan fingerprint density at radius 2 is 1.82 bits per heavy atom. The van der Waals surface area contributed by atoms with Gasteiger partial charge in [-0.1, -0.05) is 23.7 Å². The Labute approximate surface area is 131 Å². The van der Waals surface area contributed by atoms with Crippen molar-refractivity contribution in [3.05, 3.63) is 34.9 Å². The summed E-state index contributed by atoms with van der Waals surface area (Å²) in [5, 5.41) is 20.2. The fraction of sp³-hybridized carbons (Fsp3) is 0.400. The highest BCUT2D eigenvalue weighted by Crippen LogP contribution is 2.82. The van der Waals surface area contributed by atoms with Crippen molar-refractivity contribution in [1.82, 2.24) is 0 Å². The van der Waals surface area contributed by atoms with Gasteiger partial charge in [0.05, 0.1) is 25.4 Å². The zero-order valence-electron chi connectivity index (χ0n) is 11.4. The number of nitrogens with zero attached hydrogens (tertiary/aromatic N) is 3. The van der Waals surface area contributed by atoms with E-state index in [0.717, 1.165) is 5.56 Å². The molecular weight excluding hydrogens is 304 g/mol. The van der Waals surface area contributed by atoms with E-state index in [2.05, 4.69) is 17.1 Å². The fourth-order valence-corrected chi connectivity index (χ4v) is 4.00. The normalized spacial score (nSPS) is 37.2. The van der Waals surface area contributed by atoms with Gasteiger partial charge in [0, 0.05) is 10.9 Å². The average Bonchev–Trinajstić information content (AvgIpc) is 2.77. The summed E-state index contributed by atoms with van der Waals surface area (Å²) in [7, 11) is 0. The molecule has 0 bridgehead atoms. The number of benzene rings is 1. The van der Waals surface area contributed by atoms with E-state index in [0.29, 0.717) is 18.2 Å². The van der Waals surface area contributed by atoms with Crippen LogP contribution in [0.4, 0.5) is 0 Å². The molecule has 0 amide bonds. The minimum atomic E-state index is -1.48. The minimum absolute atomic E-state index is 0.0957. The third kappa shape index (κ3) is 1.17. The number of hydrogen-bond donors (Lipinski definition) is 1. The number of ether oxygens (including phenoxy) is 2. The molecular formula is C15H11ClN4O2. The lowest BCUT2D eigenvalue weighted by Crippen LogP contribution is -2.38. The van der Waals surface area contributed by atoms with Gasteiger partial charge >= 0.3 is 0 Å². The van der Waals surface area contributed by atoms with Gasteiger partial charge < -0.3 is 15.2 Å². The maximum absolute atomic E-state index is 9.88. The molecule has 3 aliphatic rings. The lowest BCUT2D eigenvalue weighted by Gasteiger charge is -2.25. The van der Waals surface area contributed by atoms with E-state index in [4.69, 9.17) is 26.8 Å². The minimum Gasteiger partial charge on any atom is -0.386 e. The Morgan fingerprint density at radius 3 is 2.36 bits per heavy atom. The Hall–Kier alpha value is -2.12. The van der Waals surface area contributed by atoms with E-state index < -0.39 is 22.7 Å². The topological polar surface area (TPSA) is 104 Å². The van der Waals surface area contributed by atoms with Gasteiger partial charge in [-0.15, -0.1) is 0 Å². The van der Waals surface area contributed by atoms with Gasteiger partial charge in [-0.3, -0.25) is 0 Å². The monoisotopic (exact) mass is 314 g/mol. The fourth-order valence-electron chi connectivity index (χ4n) is 3.87. The molecule has 0 unspecified atom stereocenters. The second kappa shape index (κ2) is 3.99. The second-order valence-corrected chi connectivity index (χ2v) is 6.04. The molecule has 1 saturated heterocycles. The summed E-state index contributed by atoms with van der Waals surface area (Å²) < 4.78 is 11.3. The Balaban J connectivity index is 1.92. The number of halogens is 1. The molecule has 110 valence electrons. The maximum Gasteiger partial charge on any atom is 0.293 e. The lowest BCUT2D eigenvalue weighted by molar-refractivity contribution is -0.184. The van der Waals surface area contributed by atoms with Crippen molar-refractivity contribution in [2.24, 2.45) is 21.6 Å². The van der Waals surface area contributed by atoms with E-state index in [1.54, 1.807) is 24.3 Å². The van der Waals surface area contributed by atoms with Gasteiger partial charge in [0.2, 0.25) is 0 Å². The molecule has 2 heterocycles. The largest absolute Gasteiger partial charge is 0.386 e. The SMILES string of the molecule is N#C[C@@]12[C@@H](c3ccc(Cl)cc3)[C@@]1(C#N)C(N)=NC21OCCO1. The quantitative estimate of drug-likeness (QED) is 0.846. The van der Waals surface area contributed by atoms with Crippen molar-refractivity contribution in [3.63, 3.8) is 0 Å². The summed E-state index contributed by atoms with van der Waals surface area (Å²) in [6, 6.07) is 11.5. The molecule has 3 atom stereocenters. The van der Waals surface area contributed by atoms with E-state index >= 15 is 0 Å². The highest BCUT2D eigenvalue weighted by molar-refractivity contribution is 6.30. The molecule has 4 rings (SSSR count). The zero-order chi connectivity index (χ0) is 15.6. The first-order valence-electron chi connectivity index (χ1n) is 6.80. The first-order chi connectivity index (χ1) is 10.6. The number of rotatable bonds is 1. The van der Waals surface area contributed by atoms with Crippen LogP contribution in [-0.2, 0) is 9.47 Å². The summed E-state index contributed by atoms with van der Waals surface area (Å²) in [5.74, 6) is -1.84. The number of aliphatic imine (C=N–C) groups is 1. The number of hydrogen-bond acceptors (Lipinski definition) is 6. The lowest BCUT2D eigenvalue weighted by atomic mass is 9.94. The molecule has 1 aliphatic carbocycles. The molecule has 1 spiro atoms. The standard InChI is InChI=1S/C15H11ClN4O2/c16-10-3-1-9(2-4-10)11-13(7-17)12(19)20-15(14(11,13)8-18)21-5-6-22-15/h1-4,11H,5-6H2,(H2,19,20)/t11-,13-,14+/m0/s1. The molecule has 1 aromatic carbocycles. The molecule has 0 radical (unpaired) electrons. The Morgan fingerprint density at radius 1 is 1.18 bits per heavy atom. The number of amidine groups is 1. The molecule has 22 heavy (non-hydrogen) atoms. The van der Waals surface area contributed by atoms with Crippen LogP contribution in [0.3, 0.4) is 0 Å². The number of fused-ring (bicyclic) bond motifs is 2. The van der Waals surface area contributed by atoms with Gasteiger partial charge in [0.1, 0.15) is 11.3 Å². The summed E-state index contributed by atoms with van der Waals surface area (Å²) in [4.78, 5) is 4.21. The maximum atomic E-state index is 9.88. The van der Waals surface area contributed by atoms with Crippen LogP contribution in [0.25, 0.3) is 0 Å². The summed E-state index contributed by atoms with van der Waals surface area (Å²) in [6.07, 6.45) is 0. The van der Waals surface area contributed by atoms with Crippen LogP contribution in [0.5, 0.6) is 0 Å². The van der Waals surface area contributed by atoms with Gasteiger partial charge in [0.25, 0.3) is 5.91 Å². The Kier molecular flexibility index (Phi) is 2.46. The molecule has 6 nitrogen and oxygen atoms in total. The number of nitrogens with two attached hydrogens (primary N) is 1. The third-order valence-corrected chi connectivity index (χ3v) is 5.06. The molecule has 2 aliphatic heterocycles. The van der Waals surface area contributed by atoms with Crippen LogP contribution < -0.4 is 5.73 Å². The van der Waals surface area contributed by atoms with Gasteiger partial charge in [0.15, 0.2) is 5.41 Å². The van der Waals surface area contributed by atoms with Crippen LogP contribution in [0.2, 0.25) is 5.02 Å². The molecule has 7 heteroatoms. The van der Waals surface area contributed by atoms with E-state index in [1.807, 2.05) is 0 Å². The van der Waals surface area contributed by atoms with Crippen LogP contribution in [0.15, 0.2) is 29.3 Å². The average molecular weight is 315 g/mol. The Bertz CT molecular complexity index is 772. The van der Waals surface area contributed by atoms with Gasteiger partial charge in [-0.05, 0) is 17.7 Å². The highest BCUT2D eigenvalue weighted by Gasteiger charge is 2.94. The van der Waals surface area contributed by atoms with Crippen molar-refractivity contribution in [2.45, 2.75) is 11.8 Å². The summed E-state index contributed by atoms with van der Waals surface area (Å²) in [5.41, 5.74) is 4.34. The third-order valence-electron chi connectivity index (χ3n) is 4.81. The summed E-state index contributed by atoms with van der Waals surface area (Å²) >= 11 is 5.92. The first kappa shape index (κ1) is 13.5.